The number of benzene rings is 1. The Morgan fingerprint density at radius 3 is 2.65 bits per heavy atom. The molecule has 92 valence electrons. The first kappa shape index (κ1) is 12.4. The molecule has 1 aliphatic rings. The number of halogens is 1. The molecule has 1 aromatic carbocycles. The van der Waals surface area contributed by atoms with Gasteiger partial charge < -0.3 is 14.7 Å². The van der Waals surface area contributed by atoms with E-state index in [-0.39, 0.29) is 12.0 Å². The van der Waals surface area contributed by atoms with Gasteiger partial charge in [0.05, 0.1) is 31.5 Å². The Balaban J connectivity index is 1.80. The second kappa shape index (κ2) is 5.49. The zero-order valence-electron chi connectivity index (χ0n) is 9.30. The fourth-order valence-corrected chi connectivity index (χ4v) is 1.56. The first-order valence-corrected chi connectivity index (χ1v) is 5.71. The molecular weight excluding hydrogens is 242 g/mol. The van der Waals surface area contributed by atoms with E-state index >= 15 is 0 Å². The standard InChI is InChI=1S/C12H14ClNO3/c13-11-3-1-10(2-4-11)5-14-17-9-12(6-15)7-16-8-12/h1-5,15H,6-9H2/b14-5+. The van der Waals surface area contributed by atoms with Crippen LogP contribution < -0.4 is 0 Å². The molecule has 0 aliphatic carbocycles. The fraction of sp³-hybridized carbons (Fsp3) is 0.417. The quantitative estimate of drug-likeness (QED) is 0.644. The third-order valence-electron chi connectivity index (χ3n) is 2.67. The molecule has 17 heavy (non-hydrogen) atoms. The predicted octanol–water partition coefficient (Wildman–Crippen LogP) is 1.70. The molecule has 2 rings (SSSR count). The van der Waals surface area contributed by atoms with E-state index in [1.165, 1.54) is 0 Å². The van der Waals surface area contributed by atoms with Gasteiger partial charge >= 0.3 is 0 Å². The Morgan fingerprint density at radius 2 is 2.12 bits per heavy atom. The van der Waals surface area contributed by atoms with Crippen LogP contribution >= 0.6 is 11.6 Å². The van der Waals surface area contributed by atoms with Gasteiger partial charge in [-0.3, -0.25) is 0 Å². The molecular formula is C12H14ClNO3. The summed E-state index contributed by atoms with van der Waals surface area (Å²) >= 11 is 5.76. The summed E-state index contributed by atoms with van der Waals surface area (Å²) in [5.74, 6) is 0. The molecule has 1 aliphatic heterocycles. The minimum atomic E-state index is -0.267. The molecule has 0 atom stereocenters. The second-order valence-corrected chi connectivity index (χ2v) is 4.65. The summed E-state index contributed by atoms with van der Waals surface area (Å²) < 4.78 is 5.05. The summed E-state index contributed by atoms with van der Waals surface area (Å²) in [7, 11) is 0. The van der Waals surface area contributed by atoms with E-state index in [1.54, 1.807) is 18.3 Å². The second-order valence-electron chi connectivity index (χ2n) is 4.21. The van der Waals surface area contributed by atoms with Crippen molar-refractivity contribution >= 4 is 17.8 Å². The average molecular weight is 256 g/mol. The highest BCUT2D eigenvalue weighted by Crippen LogP contribution is 2.26. The highest BCUT2D eigenvalue weighted by molar-refractivity contribution is 6.30. The number of rotatable bonds is 5. The van der Waals surface area contributed by atoms with E-state index in [1.807, 2.05) is 12.1 Å². The third-order valence-corrected chi connectivity index (χ3v) is 2.92. The fourth-order valence-electron chi connectivity index (χ4n) is 1.43. The lowest BCUT2D eigenvalue weighted by Gasteiger charge is -2.38. The van der Waals surface area contributed by atoms with Crippen molar-refractivity contribution in [3.05, 3.63) is 34.9 Å². The van der Waals surface area contributed by atoms with Gasteiger partial charge in [-0.25, -0.2) is 0 Å². The lowest BCUT2D eigenvalue weighted by molar-refractivity contribution is -0.168. The minimum Gasteiger partial charge on any atom is -0.395 e. The first-order valence-electron chi connectivity index (χ1n) is 5.34. The number of aliphatic hydroxyl groups is 1. The van der Waals surface area contributed by atoms with Crippen LogP contribution in [0.4, 0.5) is 0 Å². The van der Waals surface area contributed by atoms with Crippen molar-refractivity contribution in [2.24, 2.45) is 10.6 Å². The Kier molecular flexibility index (Phi) is 3.99. The molecule has 5 heteroatoms. The van der Waals surface area contributed by atoms with Crippen LogP contribution in [0, 0.1) is 5.41 Å². The normalized spacial score (nSPS) is 18.0. The van der Waals surface area contributed by atoms with Gasteiger partial charge in [-0.15, -0.1) is 0 Å². The highest BCUT2D eigenvalue weighted by atomic mass is 35.5. The van der Waals surface area contributed by atoms with E-state index in [0.29, 0.717) is 24.8 Å². The van der Waals surface area contributed by atoms with Crippen LogP contribution in [-0.2, 0) is 9.57 Å². The predicted molar refractivity (Wildman–Crippen MR) is 65.3 cm³/mol. The number of hydrogen-bond acceptors (Lipinski definition) is 4. The van der Waals surface area contributed by atoms with Gasteiger partial charge in [-0.2, -0.15) is 0 Å². The first-order chi connectivity index (χ1) is 8.24. The zero-order chi connectivity index (χ0) is 12.1. The molecule has 0 saturated carbocycles. The lowest BCUT2D eigenvalue weighted by Crippen LogP contribution is -2.48. The summed E-state index contributed by atoms with van der Waals surface area (Å²) in [6.45, 7) is 1.48. The SMILES string of the molecule is OCC1(CO/N=C/c2ccc(Cl)cc2)COC1. The van der Waals surface area contributed by atoms with E-state index in [4.69, 9.17) is 26.3 Å². The molecule has 0 bridgehead atoms. The van der Waals surface area contributed by atoms with Gasteiger partial charge in [0.1, 0.15) is 6.61 Å². The minimum absolute atomic E-state index is 0.0590. The average Bonchev–Trinajstić information content (AvgIpc) is 2.30. The van der Waals surface area contributed by atoms with Gasteiger partial charge in [0.25, 0.3) is 0 Å². The molecule has 0 amide bonds. The molecule has 0 unspecified atom stereocenters. The molecule has 1 fully saturated rings. The summed E-state index contributed by atoms with van der Waals surface area (Å²) in [4.78, 5) is 5.16. The lowest BCUT2D eigenvalue weighted by atomic mass is 9.88. The molecule has 1 aromatic rings. The monoisotopic (exact) mass is 255 g/mol. The van der Waals surface area contributed by atoms with Crippen LogP contribution in [0.2, 0.25) is 5.02 Å². The molecule has 0 radical (unpaired) electrons. The Bertz CT molecular complexity index is 382. The number of hydrogen-bond donors (Lipinski definition) is 1. The Morgan fingerprint density at radius 1 is 1.41 bits per heavy atom. The Labute approximate surface area is 105 Å². The summed E-state index contributed by atoms with van der Waals surface area (Å²) in [5.41, 5.74) is 0.648. The van der Waals surface area contributed by atoms with Crippen molar-refractivity contribution in [2.45, 2.75) is 0 Å². The summed E-state index contributed by atoms with van der Waals surface area (Å²) in [6.07, 6.45) is 1.61. The van der Waals surface area contributed by atoms with Crippen LogP contribution in [-0.4, -0.2) is 37.7 Å². The van der Waals surface area contributed by atoms with Gasteiger partial charge in [-0.1, -0.05) is 28.9 Å². The van der Waals surface area contributed by atoms with Gasteiger partial charge in [0.15, 0.2) is 0 Å². The van der Waals surface area contributed by atoms with Crippen molar-refractivity contribution in [3.8, 4) is 0 Å². The van der Waals surface area contributed by atoms with Crippen molar-refractivity contribution < 1.29 is 14.7 Å². The van der Waals surface area contributed by atoms with Crippen LogP contribution in [0.3, 0.4) is 0 Å². The zero-order valence-corrected chi connectivity index (χ0v) is 10.1. The third kappa shape index (κ3) is 3.19. The topological polar surface area (TPSA) is 51.0 Å². The molecule has 1 N–H and O–H groups in total. The largest absolute Gasteiger partial charge is 0.395 e. The maximum atomic E-state index is 9.16. The van der Waals surface area contributed by atoms with Gasteiger partial charge in [0.2, 0.25) is 0 Å². The maximum absolute atomic E-state index is 9.16. The van der Waals surface area contributed by atoms with Crippen molar-refractivity contribution in [1.29, 1.82) is 0 Å². The van der Waals surface area contributed by atoms with E-state index in [0.717, 1.165) is 5.56 Å². The Hall–Kier alpha value is -1.10. The van der Waals surface area contributed by atoms with E-state index in [9.17, 15) is 0 Å². The van der Waals surface area contributed by atoms with Gasteiger partial charge in [0, 0.05) is 5.02 Å². The van der Waals surface area contributed by atoms with Gasteiger partial charge in [-0.05, 0) is 17.7 Å². The molecule has 1 heterocycles. The summed E-state index contributed by atoms with van der Waals surface area (Å²) in [5, 5.41) is 13.7. The molecule has 4 nitrogen and oxygen atoms in total. The number of aliphatic hydroxyl groups excluding tert-OH is 1. The van der Waals surface area contributed by atoms with Crippen LogP contribution in [0.5, 0.6) is 0 Å². The molecule has 0 spiro atoms. The number of nitrogens with zero attached hydrogens (tertiary/aromatic N) is 1. The highest BCUT2D eigenvalue weighted by Gasteiger charge is 2.39. The van der Waals surface area contributed by atoms with Crippen molar-refractivity contribution in [2.75, 3.05) is 26.4 Å². The smallest absolute Gasteiger partial charge is 0.129 e. The van der Waals surface area contributed by atoms with Crippen molar-refractivity contribution in [3.63, 3.8) is 0 Å². The van der Waals surface area contributed by atoms with E-state index in [2.05, 4.69) is 5.16 Å². The van der Waals surface area contributed by atoms with Crippen LogP contribution in [0.1, 0.15) is 5.56 Å². The van der Waals surface area contributed by atoms with E-state index < -0.39 is 0 Å². The van der Waals surface area contributed by atoms with Crippen LogP contribution in [0.25, 0.3) is 0 Å². The number of ether oxygens (including phenoxy) is 1. The maximum Gasteiger partial charge on any atom is 0.129 e. The molecule has 0 aromatic heterocycles. The van der Waals surface area contributed by atoms with Crippen molar-refractivity contribution in [1.82, 2.24) is 0 Å². The number of oxime groups is 1. The van der Waals surface area contributed by atoms with Crippen LogP contribution in [0.15, 0.2) is 29.4 Å². The molecule has 1 saturated heterocycles. The summed E-state index contributed by atoms with van der Waals surface area (Å²) in [6, 6.07) is 7.28.